The molecule has 0 unspecified atom stereocenters. The lowest BCUT2D eigenvalue weighted by atomic mass is 10.1. The highest BCUT2D eigenvalue weighted by Crippen LogP contribution is 2.18. The van der Waals surface area contributed by atoms with Crippen molar-refractivity contribution in [3.8, 4) is 5.75 Å². The van der Waals surface area contributed by atoms with Crippen LogP contribution >= 0.6 is 0 Å². The number of aromatic nitrogens is 4. The Morgan fingerprint density at radius 3 is 2.71 bits per heavy atom. The second-order valence-electron chi connectivity index (χ2n) is 8.20. The maximum Gasteiger partial charge on any atom is 0.275 e. The third-order valence-electron chi connectivity index (χ3n) is 5.78. The average Bonchev–Trinajstić information content (AvgIpc) is 3.16. The van der Waals surface area contributed by atoms with Crippen molar-refractivity contribution in [2.75, 3.05) is 6.54 Å². The Morgan fingerprint density at radius 1 is 1.00 bits per heavy atom. The van der Waals surface area contributed by atoms with Gasteiger partial charge >= 0.3 is 0 Å². The van der Waals surface area contributed by atoms with Gasteiger partial charge in [-0.15, -0.1) is 0 Å². The number of hydrogen-bond acceptors (Lipinski definition) is 5. The van der Waals surface area contributed by atoms with Crippen molar-refractivity contribution in [1.29, 1.82) is 0 Å². The Balaban J connectivity index is 1.49. The van der Waals surface area contributed by atoms with Crippen LogP contribution in [-0.2, 0) is 19.5 Å². The van der Waals surface area contributed by atoms with Gasteiger partial charge in [0, 0.05) is 37.4 Å². The molecule has 2 aliphatic heterocycles. The molecule has 8 heteroatoms. The molecule has 0 saturated carbocycles. The van der Waals surface area contributed by atoms with Crippen molar-refractivity contribution in [3.05, 3.63) is 52.2 Å². The summed E-state index contributed by atoms with van der Waals surface area (Å²) in [6, 6.07) is 4.37. The summed E-state index contributed by atoms with van der Waals surface area (Å²) in [5.41, 5.74) is 1.32. The zero-order chi connectivity index (χ0) is 21.6. The number of carbonyl (C=O) groups excluding carboxylic acids is 1. The van der Waals surface area contributed by atoms with Gasteiger partial charge in [0.05, 0.1) is 6.20 Å². The zero-order valence-electron chi connectivity index (χ0n) is 17.7. The normalized spacial score (nSPS) is 16.8. The van der Waals surface area contributed by atoms with E-state index in [2.05, 4.69) is 33.3 Å². The molecule has 3 aromatic heterocycles. The van der Waals surface area contributed by atoms with Crippen molar-refractivity contribution in [3.63, 3.8) is 0 Å². The minimum atomic E-state index is -0.721. The summed E-state index contributed by atoms with van der Waals surface area (Å²) < 4.78 is 3.68. The van der Waals surface area contributed by atoms with Crippen LogP contribution in [0, 0.1) is 0 Å². The fourth-order valence-electron chi connectivity index (χ4n) is 4.05. The second-order valence-corrected chi connectivity index (χ2v) is 8.20. The molecule has 5 heterocycles. The largest absolute Gasteiger partial charge is 0.503 e. The van der Waals surface area contributed by atoms with Crippen LogP contribution in [0.15, 0.2) is 35.5 Å². The smallest absolute Gasteiger partial charge is 0.275 e. The van der Waals surface area contributed by atoms with Crippen LogP contribution in [0.4, 0.5) is 0 Å². The molecule has 5 rings (SSSR count). The molecular formula is C23H29N5O3. The first-order chi connectivity index (χ1) is 15.1. The van der Waals surface area contributed by atoms with E-state index in [0.29, 0.717) is 13.1 Å². The number of pyridine rings is 1. The van der Waals surface area contributed by atoms with Crippen LogP contribution in [0.25, 0.3) is 11.0 Å². The molecule has 0 aliphatic carbocycles. The van der Waals surface area contributed by atoms with E-state index in [1.54, 1.807) is 0 Å². The third kappa shape index (κ3) is 5.13. The van der Waals surface area contributed by atoms with E-state index in [4.69, 9.17) is 4.98 Å². The van der Waals surface area contributed by atoms with Gasteiger partial charge in [0.25, 0.3) is 11.3 Å². The molecule has 6 bridgehead atoms. The van der Waals surface area contributed by atoms with E-state index >= 15 is 0 Å². The van der Waals surface area contributed by atoms with Crippen LogP contribution in [0.1, 0.15) is 61.0 Å². The molecular weight excluding hydrogens is 394 g/mol. The molecule has 31 heavy (non-hydrogen) atoms. The first-order valence-corrected chi connectivity index (χ1v) is 11.1. The number of amides is 1. The number of rotatable bonds is 0. The highest BCUT2D eigenvalue weighted by molar-refractivity contribution is 5.92. The molecule has 0 atom stereocenters. The molecule has 0 fully saturated rings. The van der Waals surface area contributed by atoms with Crippen LogP contribution in [0.2, 0.25) is 0 Å². The van der Waals surface area contributed by atoms with Gasteiger partial charge in [-0.1, -0.05) is 12.8 Å². The topological polar surface area (TPSA) is 102 Å². The third-order valence-corrected chi connectivity index (χ3v) is 5.78. The molecule has 0 saturated heterocycles. The minimum Gasteiger partial charge on any atom is -0.503 e. The van der Waals surface area contributed by atoms with Crippen LogP contribution in [0.5, 0.6) is 5.75 Å². The highest BCUT2D eigenvalue weighted by Gasteiger charge is 2.16. The SMILES string of the molecule is O=C1NCCCCCCc2cnc3c(ccn3CCCCCn3cc(O)c(=O)c1n3)c2. The predicted octanol–water partition coefficient (Wildman–Crippen LogP) is 3.02. The molecule has 0 radical (unpaired) electrons. The standard InChI is InChI=1S/C23H29N5O3/c29-19-16-28-12-7-3-6-11-27-13-9-18-14-17(15-25-22(18)27)8-4-1-2-5-10-24-23(31)20(26-28)21(19)30/h9,13-16,29H,1-8,10-12H2,(H,24,31). The Morgan fingerprint density at radius 2 is 1.81 bits per heavy atom. The van der Waals surface area contributed by atoms with Crippen molar-refractivity contribution < 1.29 is 9.90 Å². The van der Waals surface area contributed by atoms with Gasteiger partial charge in [-0.05, 0) is 56.2 Å². The van der Waals surface area contributed by atoms with E-state index in [-0.39, 0.29) is 5.69 Å². The van der Waals surface area contributed by atoms with Gasteiger partial charge in [0.2, 0.25) is 0 Å². The van der Waals surface area contributed by atoms with E-state index in [9.17, 15) is 14.7 Å². The van der Waals surface area contributed by atoms with Gasteiger partial charge in [0.1, 0.15) is 5.65 Å². The van der Waals surface area contributed by atoms with Crippen molar-refractivity contribution in [2.45, 2.75) is 64.5 Å². The molecule has 8 nitrogen and oxygen atoms in total. The van der Waals surface area contributed by atoms with Crippen LogP contribution in [-0.4, -0.2) is 36.9 Å². The molecule has 3 aromatic rings. The number of hydrogen-bond donors (Lipinski definition) is 2. The Kier molecular flexibility index (Phi) is 6.64. The van der Waals surface area contributed by atoms with Crippen LogP contribution in [0.3, 0.4) is 0 Å². The average molecular weight is 424 g/mol. The lowest BCUT2D eigenvalue weighted by Gasteiger charge is -2.09. The molecule has 2 aliphatic rings. The lowest BCUT2D eigenvalue weighted by molar-refractivity contribution is 0.0943. The quantitative estimate of drug-likeness (QED) is 0.579. The minimum absolute atomic E-state index is 0.242. The lowest BCUT2D eigenvalue weighted by Crippen LogP contribution is -2.32. The monoisotopic (exact) mass is 423 g/mol. The van der Waals surface area contributed by atoms with Gasteiger partial charge in [-0.25, -0.2) is 4.98 Å². The number of nitrogens with zero attached hydrogens (tertiary/aromatic N) is 4. The maximum absolute atomic E-state index is 12.4. The van der Waals surface area contributed by atoms with Gasteiger partial charge < -0.3 is 15.0 Å². The molecule has 0 aromatic carbocycles. The molecule has 1 amide bonds. The molecule has 164 valence electrons. The summed E-state index contributed by atoms with van der Waals surface area (Å²) in [4.78, 5) is 29.2. The fraction of sp³-hybridized carbons (Fsp3) is 0.478. The Hall–Kier alpha value is -3.16. The number of nitrogens with one attached hydrogen (secondary N) is 1. The second kappa shape index (κ2) is 9.76. The first kappa shape index (κ1) is 21.1. The molecule has 2 N–H and O–H groups in total. The predicted molar refractivity (Wildman–Crippen MR) is 118 cm³/mol. The molecule has 0 spiro atoms. The van der Waals surface area contributed by atoms with Gasteiger partial charge in [-0.3, -0.25) is 14.3 Å². The summed E-state index contributed by atoms with van der Waals surface area (Å²) >= 11 is 0. The number of aromatic hydroxyl groups is 1. The van der Waals surface area contributed by atoms with Crippen molar-refractivity contribution in [2.24, 2.45) is 0 Å². The highest BCUT2D eigenvalue weighted by atomic mass is 16.3. The summed E-state index contributed by atoms with van der Waals surface area (Å²) in [5, 5.41) is 18.1. The summed E-state index contributed by atoms with van der Waals surface area (Å²) in [6.07, 6.45) is 13.1. The summed E-state index contributed by atoms with van der Waals surface area (Å²) in [6.45, 7) is 1.89. The first-order valence-electron chi connectivity index (χ1n) is 11.1. The Bertz CT molecular complexity index is 1120. The summed E-state index contributed by atoms with van der Waals surface area (Å²) in [7, 11) is 0. The van der Waals surface area contributed by atoms with Crippen molar-refractivity contribution >= 4 is 16.9 Å². The van der Waals surface area contributed by atoms with Crippen LogP contribution < -0.4 is 10.7 Å². The number of aryl methyl sites for hydroxylation is 3. The number of fused-ring (bicyclic) bond motifs is 12. The van der Waals surface area contributed by atoms with Gasteiger partial charge in [0.15, 0.2) is 11.4 Å². The fourth-order valence-corrected chi connectivity index (χ4v) is 4.05. The van der Waals surface area contributed by atoms with E-state index in [1.165, 1.54) is 21.8 Å². The zero-order valence-corrected chi connectivity index (χ0v) is 17.7. The van der Waals surface area contributed by atoms with Gasteiger partial charge in [-0.2, -0.15) is 5.10 Å². The van der Waals surface area contributed by atoms with E-state index in [0.717, 1.165) is 63.6 Å². The van der Waals surface area contributed by atoms with E-state index < -0.39 is 17.1 Å². The van der Waals surface area contributed by atoms with Crippen molar-refractivity contribution in [1.82, 2.24) is 24.6 Å². The number of carbonyl (C=O) groups is 1. The maximum atomic E-state index is 12.4. The van der Waals surface area contributed by atoms with E-state index in [1.807, 2.05) is 6.20 Å². The Labute approximate surface area is 180 Å². The summed E-state index contributed by atoms with van der Waals surface area (Å²) in [5.74, 6) is -0.967.